The zero-order valence-corrected chi connectivity index (χ0v) is 12.0. The molecule has 0 fully saturated rings. The van der Waals surface area contributed by atoms with Gasteiger partial charge < -0.3 is 10.1 Å². The van der Waals surface area contributed by atoms with Crippen LogP contribution in [0.2, 0.25) is 0 Å². The van der Waals surface area contributed by atoms with E-state index in [0.717, 1.165) is 6.42 Å². The van der Waals surface area contributed by atoms with Gasteiger partial charge in [-0.2, -0.15) is 5.26 Å². The minimum atomic E-state index is -0.181. The first kappa shape index (κ1) is 16.9. The third-order valence-corrected chi connectivity index (χ3v) is 2.88. The lowest BCUT2D eigenvalue weighted by molar-refractivity contribution is -0.124. The van der Waals surface area contributed by atoms with Crippen molar-refractivity contribution in [1.29, 1.82) is 5.26 Å². The summed E-state index contributed by atoms with van der Waals surface area (Å²) in [5.74, 6) is -0.00380. The van der Waals surface area contributed by atoms with E-state index in [2.05, 4.69) is 11.4 Å². The zero-order valence-electron chi connectivity index (χ0n) is 12.0. The Hall–Kier alpha value is -1.12. The quantitative estimate of drug-likeness (QED) is 0.671. The molecule has 0 radical (unpaired) electrons. The SMILES string of the molecule is CCC(C)(C)NC(=O)CN(CCC#N)CCOC. The Bertz CT molecular complexity index is 284. The number of nitrogens with one attached hydrogen (secondary N) is 1. The fourth-order valence-electron chi connectivity index (χ4n) is 1.41. The number of carbonyl (C=O) groups is 1. The first-order valence-corrected chi connectivity index (χ1v) is 6.34. The van der Waals surface area contributed by atoms with Gasteiger partial charge in [-0.05, 0) is 20.3 Å². The van der Waals surface area contributed by atoms with Crippen LogP contribution in [-0.2, 0) is 9.53 Å². The molecule has 0 saturated heterocycles. The molecule has 0 aromatic rings. The highest BCUT2D eigenvalue weighted by Gasteiger charge is 2.19. The minimum absolute atomic E-state index is 0.00380. The molecule has 1 N–H and O–H groups in total. The maximum absolute atomic E-state index is 11.9. The van der Waals surface area contributed by atoms with E-state index < -0.39 is 0 Å². The smallest absolute Gasteiger partial charge is 0.234 e. The highest BCUT2D eigenvalue weighted by Crippen LogP contribution is 2.06. The lowest BCUT2D eigenvalue weighted by Gasteiger charge is -2.27. The molecule has 5 nitrogen and oxygen atoms in total. The predicted molar refractivity (Wildman–Crippen MR) is 71.1 cm³/mol. The number of amides is 1. The minimum Gasteiger partial charge on any atom is -0.383 e. The fraction of sp³-hybridized carbons (Fsp3) is 0.846. The van der Waals surface area contributed by atoms with Crippen LogP contribution >= 0.6 is 0 Å². The topological polar surface area (TPSA) is 65.4 Å². The molecule has 0 rings (SSSR count). The monoisotopic (exact) mass is 255 g/mol. The van der Waals surface area contributed by atoms with E-state index in [1.165, 1.54) is 0 Å². The molecule has 0 atom stereocenters. The van der Waals surface area contributed by atoms with Gasteiger partial charge in [-0.25, -0.2) is 0 Å². The van der Waals surface area contributed by atoms with Crippen LogP contribution in [-0.4, -0.2) is 49.7 Å². The number of ether oxygens (including phenoxy) is 1. The molecule has 0 bridgehead atoms. The van der Waals surface area contributed by atoms with Crippen LogP contribution in [0.1, 0.15) is 33.6 Å². The van der Waals surface area contributed by atoms with Gasteiger partial charge in [0.2, 0.25) is 5.91 Å². The highest BCUT2D eigenvalue weighted by molar-refractivity contribution is 5.78. The summed E-state index contributed by atoms with van der Waals surface area (Å²) in [6, 6.07) is 2.09. The van der Waals surface area contributed by atoms with Gasteiger partial charge in [0.25, 0.3) is 0 Å². The van der Waals surface area contributed by atoms with Crippen LogP contribution in [0.3, 0.4) is 0 Å². The van der Waals surface area contributed by atoms with Crippen LogP contribution in [0.15, 0.2) is 0 Å². The number of hydrogen-bond donors (Lipinski definition) is 1. The molecule has 0 aromatic carbocycles. The summed E-state index contributed by atoms with van der Waals surface area (Å²) in [6.07, 6.45) is 1.31. The van der Waals surface area contributed by atoms with Crippen molar-refractivity contribution in [2.45, 2.75) is 39.2 Å². The standard InChI is InChI=1S/C13H25N3O2/c1-5-13(2,3)15-12(17)11-16(8-6-7-14)9-10-18-4/h5-6,8-11H2,1-4H3,(H,15,17). The van der Waals surface area contributed by atoms with Gasteiger partial charge in [-0.3, -0.25) is 9.69 Å². The summed E-state index contributed by atoms with van der Waals surface area (Å²) < 4.78 is 5.00. The van der Waals surface area contributed by atoms with E-state index in [4.69, 9.17) is 10.00 Å². The van der Waals surface area contributed by atoms with E-state index in [0.29, 0.717) is 32.7 Å². The molecule has 0 unspecified atom stereocenters. The van der Waals surface area contributed by atoms with Crippen LogP contribution < -0.4 is 5.32 Å². The summed E-state index contributed by atoms with van der Waals surface area (Å²) in [4.78, 5) is 13.8. The predicted octanol–water partition coefficient (Wildman–Crippen LogP) is 1.15. The van der Waals surface area contributed by atoms with Crippen molar-refractivity contribution >= 4 is 5.91 Å². The van der Waals surface area contributed by atoms with Gasteiger partial charge in [0.15, 0.2) is 0 Å². The molecular formula is C13H25N3O2. The third-order valence-electron chi connectivity index (χ3n) is 2.88. The van der Waals surface area contributed by atoms with Crippen LogP contribution in [0, 0.1) is 11.3 Å². The van der Waals surface area contributed by atoms with Gasteiger partial charge in [0.05, 0.1) is 19.2 Å². The number of carbonyl (C=O) groups excluding carboxylic acids is 1. The molecule has 104 valence electrons. The summed E-state index contributed by atoms with van der Waals surface area (Å²) in [5, 5.41) is 11.6. The summed E-state index contributed by atoms with van der Waals surface area (Å²) in [5.41, 5.74) is -0.181. The molecular weight excluding hydrogens is 230 g/mol. The second-order valence-electron chi connectivity index (χ2n) is 4.96. The third kappa shape index (κ3) is 8.04. The highest BCUT2D eigenvalue weighted by atomic mass is 16.5. The largest absolute Gasteiger partial charge is 0.383 e. The maximum atomic E-state index is 11.9. The Labute approximate surface area is 110 Å². The van der Waals surface area contributed by atoms with Crippen LogP contribution in [0.4, 0.5) is 0 Å². The molecule has 18 heavy (non-hydrogen) atoms. The molecule has 0 heterocycles. The van der Waals surface area contributed by atoms with Crippen molar-refractivity contribution in [2.75, 3.05) is 33.4 Å². The van der Waals surface area contributed by atoms with E-state index in [1.54, 1.807) is 7.11 Å². The number of nitrogens with zero attached hydrogens (tertiary/aromatic N) is 2. The average Bonchev–Trinajstić information content (AvgIpc) is 2.32. The van der Waals surface area contributed by atoms with E-state index >= 15 is 0 Å². The lowest BCUT2D eigenvalue weighted by Crippen LogP contribution is -2.48. The molecule has 1 amide bonds. The lowest BCUT2D eigenvalue weighted by atomic mass is 10.0. The number of methoxy groups -OCH3 is 1. The molecule has 0 saturated carbocycles. The van der Waals surface area contributed by atoms with Gasteiger partial charge in [0, 0.05) is 32.2 Å². The van der Waals surface area contributed by atoms with Crippen molar-refractivity contribution in [3.63, 3.8) is 0 Å². The summed E-state index contributed by atoms with van der Waals surface area (Å²) in [6.45, 7) is 8.18. The molecule has 0 aromatic heterocycles. The van der Waals surface area contributed by atoms with Crippen molar-refractivity contribution < 1.29 is 9.53 Å². The Morgan fingerprint density at radius 3 is 2.61 bits per heavy atom. The number of hydrogen-bond acceptors (Lipinski definition) is 4. The first-order chi connectivity index (χ1) is 8.45. The fourth-order valence-corrected chi connectivity index (χ4v) is 1.41. The number of rotatable bonds is 9. The summed E-state index contributed by atoms with van der Waals surface area (Å²) >= 11 is 0. The zero-order chi connectivity index (χ0) is 14.0. The van der Waals surface area contributed by atoms with E-state index in [1.807, 2.05) is 25.7 Å². The van der Waals surface area contributed by atoms with Gasteiger partial charge >= 0.3 is 0 Å². The molecule has 5 heteroatoms. The normalized spacial score (nSPS) is 11.3. The van der Waals surface area contributed by atoms with Crippen molar-refractivity contribution in [2.24, 2.45) is 0 Å². The van der Waals surface area contributed by atoms with E-state index in [-0.39, 0.29) is 11.4 Å². The van der Waals surface area contributed by atoms with Gasteiger partial charge in [-0.1, -0.05) is 6.92 Å². The van der Waals surface area contributed by atoms with E-state index in [9.17, 15) is 4.79 Å². The Morgan fingerprint density at radius 2 is 2.11 bits per heavy atom. The molecule has 0 aliphatic carbocycles. The molecule has 0 aliphatic heterocycles. The molecule has 0 spiro atoms. The average molecular weight is 255 g/mol. The number of nitriles is 1. The Kier molecular flexibility index (Phi) is 8.34. The van der Waals surface area contributed by atoms with Crippen LogP contribution in [0.25, 0.3) is 0 Å². The van der Waals surface area contributed by atoms with Crippen LogP contribution in [0.5, 0.6) is 0 Å². The molecule has 0 aliphatic rings. The first-order valence-electron chi connectivity index (χ1n) is 6.34. The van der Waals surface area contributed by atoms with Gasteiger partial charge in [-0.15, -0.1) is 0 Å². The maximum Gasteiger partial charge on any atom is 0.234 e. The Balaban J connectivity index is 4.21. The summed E-state index contributed by atoms with van der Waals surface area (Å²) in [7, 11) is 1.63. The van der Waals surface area contributed by atoms with Gasteiger partial charge in [0.1, 0.15) is 0 Å². The second-order valence-corrected chi connectivity index (χ2v) is 4.96. The van der Waals surface area contributed by atoms with Crippen molar-refractivity contribution in [3.8, 4) is 6.07 Å². The Morgan fingerprint density at radius 1 is 1.44 bits per heavy atom. The second kappa shape index (κ2) is 8.90. The van der Waals surface area contributed by atoms with Crippen molar-refractivity contribution in [1.82, 2.24) is 10.2 Å². The van der Waals surface area contributed by atoms with Crippen molar-refractivity contribution in [3.05, 3.63) is 0 Å².